The van der Waals surface area contributed by atoms with E-state index in [1.54, 1.807) is 13.8 Å². The Labute approximate surface area is 179 Å². The Hall–Kier alpha value is -2.97. The fraction of sp³-hybridized carbons (Fsp3) is 0.250. The van der Waals surface area contributed by atoms with E-state index in [0.717, 1.165) is 29.5 Å². The summed E-state index contributed by atoms with van der Waals surface area (Å²) < 4.78 is 0. The van der Waals surface area contributed by atoms with Crippen LogP contribution in [0.4, 0.5) is 0 Å². The van der Waals surface area contributed by atoms with Crippen LogP contribution in [0.15, 0.2) is 91.1 Å². The molecule has 0 spiro atoms. The highest BCUT2D eigenvalue weighted by Gasteiger charge is 2.32. The van der Waals surface area contributed by atoms with Crippen molar-refractivity contribution in [3.8, 4) is 0 Å². The maximum atomic E-state index is 12.9. The predicted molar refractivity (Wildman–Crippen MR) is 124 cm³/mol. The largest absolute Gasteiger partial charge is 0.382 e. The minimum Gasteiger partial charge on any atom is -0.382 e. The number of hydrogen-bond acceptors (Lipinski definition) is 2. The summed E-state index contributed by atoms with van der Waals surface area (Å²) in [5.41, 5.74) is 4.86. The van der Waals surface area contributed by atoms with Crippen LogP contribution in [0.1, 0.15) is 37.0 Å². The Morgan fingerprint density at radius 1 is 1.07 bits per heavy atom. The fourth-order valence-electron chi connectivity index (χ4n) is 4.33. The number of benzene rings is 2. The molecule has 2 aliphatic rings. The van der Waals surface area contributed by atoms with Crippen molar-refractivity contribution in [1.29, 1.82) is 0 Å². The molecular weight excluding hydrogens is 368 g/mol. The molecule has 2 nitrogen and oxygen atoms in total. The lowest BCUT2D eigenvalue weighted by Crippen LogP contribution is -2.33. The summed E-state index contributed by atoms with van der Waals surface area (Å²) in [7, 11) is 0. The van der Waals surface area contributed by atoms with Crippen molar-refractivity contribution in [3.05, 3.63) is 108 Å². The molecule has 0 aromatic heterocycles. The molecule has 1 N–H and O–H groups in total. The van der Waals surface area contributed by atoms with Gasteiger partial charge in [0.25, 0.3) is 0 Å². The van der Waals surface area contributed by atoms with Crippen LogP contribution in [0.2, 0.25) is 0 Å². The second-order valence-corrected chi connectivity index (χ2v) is 8.73. The third-order valence-electron chi connectivity index (χ3n) is 6.06. The predicted octanol–water partition coefficient (Wildman–Crippen LogP) is 5.80. The molecular formula is C28H28O2. The first kappa shape index (κ1) is 20.3. The van der Waals surface area contributed by atoms with Gasteiger partial charge in [-0.3, -0.25) is 4.79 Å². The highest BCUT2D eigenvalue weighted by molar-refractivity contribution is 6.24. The van der Waals surface area contributed by atoms with E-state index in [2.05, 4.69) is 43.0 Å². The number of ketones is 1. The van der Waals surface area contributed by atoms with Gasteiger partial charge in [-0.1, -0.05) is 85.5 Å². The third kappa shape index (κ3) is 4.01. The Kier molecular flexibility index (Phi) is 5.44. The summed E-state index contributed by atoms with van der Waals surface area (Å²) in [6.45, 7) is 7.43. The average molecular weight is 397 g/mol. The number of Topliss-reactive ketones (excluding diaryl/α,β-unsaturated/α-hetero) is 1. The molecule has 2 atom stereocenters. The van der Waals surface area contributed by atoms with Gasteiger partial charge in [0.05, 0.1) is 0 Å². The van der Waals surface area contributed by atoms with Crippen LogP contribution >= 0.6 is 0 Å². The Bertz CT molecular complexity index is 1060. The number of hydrogen-bond donors (Lipinski definition) is 1. The summed E-state index contributed by atoms with van der Waals surface area (Å²) in [6.07, 6.45) is 10.5. The lowest BCUT2D eigenvalue weighted by molar-refractivity contribution is -0.127. The molecule has 2 aromatic rings. The SMILES string of the molecule is C=C(c1ccccc1)C1C=CC(C2C=C(C(=O)C(C)(C)O)c3ccccc3C2)=CC1. The molecule has 30 heavy (non-hydrogen) atoms. The molecule has 0 amide bonds. The van der Waals surface area contributed by atoms with E-state index in [0.29, 0.717) is 5.57 Å². The van der Waals surface area contributed by atoms with Gasteiger partial charge in [-0.25, -0.2) is 0 Å². The van der Waals surface area contributed by atoms with Gasteiger partial charge in [-0.05, 0) is 54.5 Å². The van der Waals surface area contributed by atoms with Crippen molar-refractivity contribution in [2.75, 3.05) is 0 Å². The fourth-order valence-corrected chi connectivity index (χ4v) is 4.33. The van der Waals surface area contributed by atoms with Gasteiger partial charge in [0.15, 0.2) is 5.78 Å². The number of carbonyl (C=O) groups excluding carboxylic acids is 1. The van der Waals surface area contributed by atoms with Gasteiger partial charge in [-0.15, -0.1) is 0 Å². The Morgan fingerprint density at radius 2 is 1.77 bits per heavy atom. The number of carbonyl (C=O) groups is 1. The van der Waals surface area contributed by atoms with E-state index in [-0.39, 0.29) is 17.6 Å². The van der Waals surface area contributed by atoms with E-state index >= 15 is 0 Å². The number of aliphatic hydroxyl groups is 1. The van der Waals surface area contributed by atoms with E-state index in [4.69, 9.17) is 0 Å². The lowest BCUT2D eigenvalue weighted by Gasteiger charge is -2.29. The molecule has 2 unspecified atom stereocenters. The van der Waals surface area contributed by atoms with E-state index in [1.807, 2.05) is 42.5 Å². The minimum atomic E-state index is -1.39. The quantitative estimate of drug-likeness (QED) is 0.694. The highest BCUT2D eigenvalue weighted by Crippen LogP contribution is 2.38. The van der Waals surface area contributed by atoms with Gasteiger partial charge in [0.1, 0.15) is 5.60 Å². The standard InChI is InChI=1S/C28H28O2/c1-19(20-9-5-4-6-10-20)21-13-15-22(16-14-21)24-17-23-11-7-8-12-25(23)26(18-24)27(29)28(2,3)30/h4-13,15-16,18,21,24,30H,1,14,17H2,2-3H3. The summed E-state index contributed by atoms with van der Waals surface area (Å²) >= 11 is 0. The van der Waals surface area contributed by atoms with Crippen molar-refractivity contribution >= 4 is 16.9 Å². The summed E-state index contributed by atoms with van der Waals surface area (Å²) in [5.74, 6) is 0.187. The van der Waals surface area contributed by atoms with Crippen molar-refractivity contribution in [2.24, 2.45) is 11.8 Å². The summed E-state index contributed by atoms with van der Waals surface area (Å²) in [6, 6.07) is 18.3. The maximum absolute atomic E-state index is 12.9. The van der Waals surface area contributed by atoms with Crippen LogP contribution in [0, 0.1) is 11.8 Å². The van der Waals surface area contributed by atoms with Gasteiger partial charge in [-0.2, -0.15) is 0 Å². The molecule has 2 heteroatoms. The number of allylic oxidation sites excluding steroid dienone is 6. The van der Waals surface area contributed by atoms with Gasteiger partial charge < -0.3 is 5.11 Å². The normalized spacial score (nSPS) is 20.8. The monoisotopic (exact) mass is 396 g/mol. The van der Waals surface area contributed by atoms with Crippen LogP contribution < -0.4 is 0 Å². The molecule has 2 aliphatic carbocycles. The molecule has 0 saturated carbocycles. The first-order valence-electron chi connectivity index (χ1n) is 10.5. The van der Waals surface area contributed by atoms with Crippen LogP contribution in [0.3, 0.4) is 0 Å². The van der Waals surface area contributed by atoms with Crippen molar-refractivity contribution in [1.82, 2.24) is 0 Å². The summed E-state index contributed by atoms with van der Waals surface area (Å²) in [4.78, 5) is 12.9. The van der Waals surface area contributed by atoms with Crippen LogP contribution in [-0.4, -0.2) is 16.5 Å². The van der Waals surface area contributed by atoms with Crippen molar-refractivity contribution in [3.63, 3.8) is 0 Å². The molecule has 4 rings (SSSR count). The Balaban J connectivity index is 1.59. The summed E-state index contributed by atoms with van der Waals surface area (Å²) in [5, 5.41) is 10.3. The first-order chi connectivity index (χ1) is 14.3. The van der Waals surface area contributed by atoms with Crippen LogP contribution in [0.25, 0.3) is 11.1 Å². The van der Waals surface area contributed by atoms with Crippen LogP contribution in [-0.2, 0) is 11.2 Å². The van der Waals surface area contributed by atoms with Gasteiger partial charge in [0.2, 0.25) is 0 Å². The molecule has 2 aromatic carbocycles. The molecule has 0 heterocycles. The zero-order valence-electron chi connectivity index (χ0n) is 17.6. The first-order valence-corrected chi connectivity index (χ1v) is 10.5. The highest BCUT2D eigenvalue weighted by atomic mass is 16.3. The van der Waals surface area contributed by atoms with Gasteiger partial charge >= 0.3 is 0 Å². The molecule has 0 radical (unpaired) electrons. The maximum Gasteiger partial charge on any atom is 0.194 e. The number of fused-ring (bicyclic) bond motifs is 1. The van der Waals surface area contributed by atoms with Crippen molar-refractivity contribution < 1.29 is 9.90 Å². The topological polar surface area (TPSA) is 37.3 Å². The number of rotatable bonds is 5. The molecule has 0 fully saturated rings. The zero-order chi connectivity index (χ0) is 21.3. The average Bonchev–Trinajstić information content (AvgIpc) is 2.77. The third-order valence-corrected chi connectivity index (χ3v) is 6.06. The Morgan fingerprint density at radius 3 is 2.43 bits per heavy atom. The molecule has 0 aliphatic heterocycles. The van der Waals surface area contributed by atoms with Gasteiger partial charge in [0, 0.05) is 17.4 Å². The second kappa shape index (κ2) is 8.04. The smallest absolute Gasteiger partial charge is 0.194 e. The lowest BCUT2D eigenvalue weighted by atomic mass is 9.76. The minimum absolute atomic E-state index is 0.128. The second-order valence-electron chi connectivity index (χ2n) is 8.73. The molecule has 152 valence electrons. The van der Waals surface area contributed by atoms with Crippen LogP contribution in [0.5, 0.6) is 0 Å². The van der Waals surface area contributed by atoms with E-state index in [1.165, 1.54) is 11.1 Å². The molecule has 0 bridgehead atoms. The van der Waals surface area contributed by atoms with E-state index < -0.39 is 5.60 Å². The van der Waals surface area contributed by atoms with Crippen molar-refractivity contribution in [2.45, 2.75) is 32.3 Å². The molecule has 0 saturated heterocycles. The van der Waals surface area contributed by atoms with E-state index in [9.17, 15) is 9.90 Å². The zero-order valence-corrected chi connectivity index (χ0v) is 17.6.